The van der Waals surface area contributed by atoms with Gasteiger partial charge >= 0.3 is 0 Å². The lowest BCUT2D eigenvalue weighted by atomic mass is 9.92. The van der Waals surface area contributed by atoms with Gasteiger partial charge in [0.1, 0.15) is 0 Å². The van der Waals surface area contributed by atoms with Crippen LogP contribution >= 0.6 is 0 Å². The minimum absolute atomic E-state index is 0.783. The van der Waals surface area contributed by atoms with Gasteiger partial charge in [0.2, 0.25) is 6.41 Å². The molecule has 2 aromatic rings. The third-order valence-corrected chi connectivity index (χ3v) is 5.41. The zero-order valence-corrected chi connectivity index (χ0v) is 15.1. The minimum atomic E-state index is 0.783. The van der Waals surface area contributed by atoms with E-state index in [0.29, 0.717) is 0 Å². The molecule has 1 aromatic heterocycles. The third kappa shape index (κ3) is 3.22. The maximum atomic E-state index is 11.0. The molecule has 134 valence electrons. The summed E-state index contributed by atoms with van der Waals surface area (Å²) in [4.78, 5) is 20.0. The Bertz CT molecular complexity index is 915. The molecule has 1 aliphatic heterocycles. The monoisotopic (exact) mass is 348 g/mol. The number of rotatable bonds is 4. The van der Waals surface area contributed by atoms with Crippen LogP contribution < -0.4 is 20.7 Å². The Balaban J connectivity index is 1.87. The quantitative estimate of drug-likeness (QED) is 0.826. The van der Waals surface area contributed by atoms with E-state index in [1.165, 1.54) is 22.0 Å². The van der Waals surface area contributed by atoms with E-state index in [1.54, 1.807) is 0 Å². The molecule has 1 N–H and O–H groups in total. The zero-order chi connectivity index (χ0) is 17.9. The van der Waals surface area contributed by atoms with Gasteiger partial charge < -0.3 is 15.1 Å². The first-order valence-electron chi connectivity index (χ1n) is 9.17. The summed E-state index contributed by atoms with van der Waals surface area (Å²) in [6, 6.07) is 10.8. The van der Waals surface area contributed by atoms with E-state index in [9.17, 15) is 4.79 Å². The van der Waals surface area contributed by atoms with E-state index in [0.717, 1.165) is 56.3 Å². The van der Waals surface area contributed by atoms with Gasteiger partial charge in [-0.15, -0.1) is 0 Å². The van der Waals surface area contributed by atoms with Gasteiger partial charge in [-0.05, 0) is 60.5 Å². The molecule has 1 fully saturated rings. The second-order valence-corrected chi connectivity index (χ2v) is 6.98. The van der Waals surface area contributed by atoms with Gasteiger partial charge in [-0.3, -0.25) is 9.78 Å². The van der Waals surface area contributed by atoms with Crippen LogP contribution in [0.4, 0.5) is 5.69 Å². The van der Waals surface area contributed by atoms with Crippen LogP contribution in [0.5, 0.6) is 0 Å². The fourth-order valence-corrected chi connectivity index (χ4v) is 3.90. The summed E-state index contributed by atoms with van der Waals surface area (Å²) >= 11 is 0. The highest BCUT2D eigenvalue weighted by Gasteiger charge is 2.17. The van der Waals surface area contributed by atoms with Crippen LogP contribution in [-0.4, -0.2) is 49.5 Å². The van der Waals surface area contributed by atoms with Crippen LogP contribution in [0.3, 0.4) is 0 Å². The van der Waals surface area contributed by atoms with Gasteiger partial charge in [0.15, 0.2) is 0 Å². The number of nitrogens with zero attached hydrogens (tertiary/aromatic N) is 3. The fraction of sp³-hybridized carbons (Fsp3) is 0.333. The molecule has 4 rings (SSSR count). The van der Waals surface area contributed by atoms with Gasteiger partial charge in [-0.2, -0.15) is 0 Å². The van der Waals surface area contributed by atoms with Gasteiger partial charge in [-0.1, -0.05) is 6.07 Å². The van der Waals surface area contributed by atoms with Crippen molar-refractivity contribution in [2.24, 2.45) is 0 Å². The molecule has 0 saturated carbocycles. The van der Waals surface area contributed by atoms with Crippen molar-refractivity contribution in [3.8, 4) is 0 Å². The molecular formula is C21H24N4O. The second kappa shape index (κ2) is 7.30. The average molecular weight is 348 g/mol. The largest absolute Gasteiger partial charge is 0.369 e. The van der Waals surface area contributed by atoms with E-state index in [2.05, 4.69) is 57.5 Å². The van der Waals surface area contributed by atoms with Crippen LogP contribution in [0.25, 0.3) is 11.3 Å². The molecule has 1 aliphatic carbocycles. The summed E-state index contributed by atoms with van der Waals surface area (Å²) in [5, 5.41) is 5.27. The van der Waals surface area contributed by atoms with Crippen molar-refractivity contribution in [2.75, 3.05) is 38.1 Å². The molecule has 1 saturated heterocycles. The SMILES string of the molecule is CN1CCN(c2ccc3c(c2)=C(c2ccncc2)CCC=3NC=O)CC1. The molecule has 2 heterocycles. The maximum absolute atomic E-state index is 11.0. The Morgan fingerprint density at radius 3 is 2.50 bits per heavy atom. The van der Waals surface area contributed by atoms with Gasteiger partial charge in [0.05, 0.1) is 0 Å². The van der Waals surface area contributed by atoms with E-state index in [1.807, 2.05) is 12.4 Å². The number of anilines is 1. The van der Waals surface area contributed by atoms with Crippen molar-refractivity contribution < 1.29 is 4.79 Å². The average Bonchev–Trinajstić information content (AvgIpc) is 2.69. The standard InChI is InChI=1S/C21H24N4O/c1-24-10-12-25(13-11-24)17-2-3-19-20(14-17)18(4-5-21(19)23-15-26)16-6-8-22-9-7-16/h2-3,6-9,14-15H,4-5,10-13H2,1H3,(H,23,26). The minimum Gasteiger partial charge on any atom is -0.369 e. The van der Waals surface area contributed by atoms with Gasteiger partial charge in [-0.25, -0.2) is 0 Å². The van der Waals surface area contributed by atoms with Gasteiger partial charge in [0.25, 0.3) is 0 Å². The Morgan fingerprint density at radius 2 is 1.77 bits per heavy atom. The van der Waals surface area contributed by atoms with E-state index in [-0.39, 0.29) is 0 Å². The number of pyridine rings is 1. The number of hydrogen-bond donors (Lipinski definition) is 1. The summed E-state index contributed by atoms with van der Waals surface area (Å²) in [6.45, 7) is 4.26. The summed E-state index contributed by atoms with van der Waals surface area (Å²) < 4.78 is 0. The molecule has 1 aromatic carbocycles. The lowest BCUT2D eigenvalue weighted by molar-refractivity contribution is -0.108. The second-order valence-electron chi connectivity index (χ2n) is 6.98. The smallest absolute Gasteiger partial charge is 0.211 e. The van der Waals surface area contributed by atoms with Gasteiger partial charge in [0, 0.05) is 55.2 Å². The number of nitrogens with one attached hydrogen (secondary N) is 1. The number of benzene rings is 1. The van der Waals surface area contributed by atoms with Crippen molar-refractivity contribution in [2.45, 2.75) is 12.8 Å². The molecule has 0 spiro atoms. The van der Waals surface area contributed by atoms with E-state index in [4.69, 9.17) is 0 Å². The Hall–Kier alpha value is -2.66. The molecule has 26 heavy (non-hydrogen) atoms. The highest BCUT2D eigenvalue weighted by atomic mass is 16.1. The normalized spacial score (nSPS) is 17.8. The van der Waals surface area contributed by atoms with Crippen molar-refractivity contribution in [1.29, 1.82) is 0 Å². The number of carbonyl (C=O) groups excluding carboxylic acids is 1. The number of carbonyl (C=O) groups is 1. The summed E-state index contributed by atoms with van der Waals surface area (Å²) in [6.07, 6.45) is 6.23. The first-order valence-corrected chi connectivity index (χ1v) is 9.17. The fourth-order valence-electron chi connectivity index (χ4n) is 3.90. The Kier molecular flexibility index (Phi) is 4.71. The molecule has 5 nitrogen and oxygen atoms in total. The predicted octanol–water partition coefficient (Wildman–Crippen LogP) is 0.680. The van der Waals surface area contributed by atoms with Crippen LogP contribution in [-0.2, 0) is 4.79 Å². The molecule has 5 heteroatoms. The Morgan fingerprint density at radius 1 is 1.00 bits per heavy atom. The molecule has 0 bridgehead atoms. The predicted molar refractivity (Wildman–Crippen MR) is 104 cm³/mol. The molecule has 0 radical (unpaired) electrons. The summed E-state index contributed by atoms with van der Waals surface area (Å²) in [5.74, 6) is 0. The van der Waals surface area contributed by atoms with Crippen LogP contribution in [0.2, 0.25) is 0 Å². The van der Waals surface area contributed by atoms with E-state index >= 15 is 0 Å². The topological polar surface area (TPSA) is 48.5 Å². The number of hydrogen-bond acceptors (Lipinski definition) is 4. The summed E-state index contributed by atoms with van der Waals surface area (Å²) in [5.41, 5.74) is 4.81. The number of amides is 1. The maximum Gasteiger partial charge on any atom is 0.211 e. The number of aromatic nitrogens is 1. The number of piperazine rings is 1. The van der Waals surface area contributed by atoms with Crippen LogP contribution in [0.1, 0.15) is 18.4 Å². The Labute approximate surface area is 153 Å². The molecular weight excluding hydrogens is 324 g/mol. The zero-order valence-electron chi connectivity index (χ0n) is 15.1. The van der Waals surface area contributed by atoms with Crippen molar-refractivity contribution in [3.63, 3.8) is 0 Å². The lowest BCUT2D eigenvalue weighted by Crippen LogP contribution is -2.45. The first kappa shape index (κ1) is 16.8. The number of likely N-dealkylation sites (N-methyl/N-ethyl adjacent to an activating group) is 1. The molecule has 1 amide bonds. The highest BCUT2D eigenvalue weighted by molar-refractivity contribution is 5.73. The summed E-state index contributed by atoms with van der Waals surface area (Å²) in [7, 11) is 2.17. The van der Waals surface area contributed by atoms with Crippen molar-refractivity contribution in [3.05, 3.63) is 58.7 Å². The van der Waals surface area contributed by atoms with E-state index < -0.39 is 0 Å². The molecule has 0 atom stereocenters. The van der Waals surface area contributed by atoms with Crippen molar-refractivity contribution in [1.82, 2.24) is 15.2 Å². The molecule has 0 unspecified atom stereocenters. The van der Waals surface area contributed by atoms with Crippen LogP contribution in [0.15, 0.2) is 42.7 Å². The first-order chi connectivity index (χ1) is 12.8. The highest BCUT2D eigenvalue weighted by Crippen LogP contribution is 2.22. The lowest BCUT2D eigenvalue weighted by Gasteiger charge is -2.34. The third-order valence-electron chi connectivity index (χ3n) is 5.41. The molecule has 2 aliphatic rings. The number of fused-ring (bicyclic) bond motifs is 1. The van der Waals surface area contributed by atoms with Crippen LogP contribution in [0, 0.1) is 0 Å². The van der Waals surface area contributed by atoms with Crippen molar-refractivity contribution >= 4 is 23.4 Å².